The van der Waals surface area contributed by atoms with E-state index < -0.39 is 5.41 Å². The Labute approximate surface area is 399 Å². The van der Waals surface area contributed by atoms with Crippen LogP contribution in [-0.4, -0.2) is 0 Å². The Balaban J connectivity index is 1.04. The minimum absolute atomic E-state index is 0.621. The number of fused-ring (bicyclic) bond motifs is 14. The minimum atomic E-state index is -0.873. The van der Waals surface area contributed by atoms with Gasteiger partial charge < -0.3 is 28.7 Å². The van der Waals surface area contributed by atoms with Crippen molar-refractivity contribution in [2.45, 2.75) is 5.41 Å². The lowest BCUT2D eigenvalue weighted by Gasteiger charge is -2.39. The average Bonchev–Trinajstić information content (AvgIpc) is 3.63. The zero-order valence-corrected chi connectivity index (χ0v) is 37.1. The molecule has 0 unspecified atom stereocenters. The number of nitrogens with zero attached hydrogens (tertiary/aromatic N) is 2. The molecule has 2 aliphatic carbocycles. The first-order chi connectivity index (χ1) is 34.2. The Hall–Kier alpha value is -9.26. The van der Waals surface area contributed by atoms with Gasteiger partial charge in [-0.3, -0.25) is 0 Å². The first-order valence-corrected chi connectivity index (χ1v) is 23.2. The monoisotopic (exact) mass is 888 g/mol. The van der Waals surface area contributed by atoms with E-state index in [1.54, 1.807) is 0 Å². The van der Waals surface area contributed by atoms with Gasteiger partial charge in [0.25, 0.3) is 0 Å². The second-order valence-electron chi connectivity index (χ2n) is 17.5. The fourth-order valence-electron chi connectivity index (χ4n) is 10.9. The van der Waals surface area contributed by atoms with Gasteiger partial charge in [0.2, 0.25) is 0 Å². The smallest absolute Gasteiger partial charge is 0.194 e. The van der Waals surface area contributed by atoms with Crippen molar-refractivity contribution in [3.8, 4) is 57.1 Å². The lowest BCUT2D eigenvalue weighted by Crippen LogP contribution is -2.31. The highest BCUT2D eigenvalue weighted by Gasteiger charge is 2.51. The molecule has 0 saturated heterocycles. The van der Waals surface area contributed by atoms with Crippen LogP contribution in [0.15, 0.2) is 231 Å². The summed E-state index contributed by atoms with van der Waals surface area (Å²) in [5.74, 6) is 5.08. The molecule has 0 atom stereocenters. The van der Waals surface area contributed by atoms with E-state index in [0.717, 1.165) is 67.5 Å². The van der Waals surface area contributed by atoms with Crippen LogP contribution in [0.1, 0.15) is 33.4 Å². The van der Waals surface area contributed by atoms with E-state index in [0.29, 0.717) is 46.0 Å². The van der Waals surface area contributed by atoms with E-state index in [9.17, 15) is 0 Å². The summed E-state index contributed by atoms with van der Waals surface area (Å²) in [6.45, 7) is 0. The first kappa shape index (κ1) is 39.0. The second-order valence-corrected chi connectivity index (χ2v) is 17.5. The van der Waals surface area contributed by atoms with Gasteiger partial charge in [0.1, 0.15) is 0 Å². The summed E-state index contributed by atoms with van der Waals surface area (Å²) >= 11 is 0. The summed E-state index contributed by atoms with van der Waals surface area (Å²) < 4.78 is 28.5. The fraction of sp³-hybridized carbons (Fsp3) is 0.0159. The lowest BCUT2D eigenvalue weighted by molar-refractivity contribution is 0.358. The third-order valence-corrected chi connectivity index (χ3v) is 13.8. The Kier molecular flexibility index (Phi) is 8.70. The Morgan fingerprint density at radius 3 is 1.33 bits per heavy atom. The molecule has 69 heavy (non-hydrogen) atoms. The second kappa shape index (κ2) is 15.4. The number of anilines is 6. The highest BCUT2D eigenvalue weighted by molar-refractivity contribution is 5.97. The average molecular weight is 889 g/mol. The normalized spacial score (nSPS) is 13.4. The summed E-state index contributed by atoms with van der Waals surface area (Å²) in [6, 6.07) is 80.0. The lowest BCUT2D eigenvalue weighted by atomic mass is 9.65. The van der Waals surface area contributed by atoms with Gasteiger partial charge in [-0.15, -0.1) is 0 Å². The quantitative estimate of drug-likeness (QED) is 0.166. The van der Waals surface area contributed by atoms with E-state index in [2.05, 4.69) is 192 Å². The zero-order valence-electron chi connectivity index (χ0n) is 37.1. The van der Waals surface area contributed by atoms with Gasteiger partial charge in [0.15, 0.2) is 46.0 Å². The molecule has 6 nitrogen and oxygen atoms in total. The van der Waals surface area contributed by atoms with Gasteiger partial charge in [0, 0.05) is 28.3 Å². The van der Waals surface area contributed by atoms with Crippen LogP contribution in [0.5, 0.6) is 46.0 Å². The molecule has 0 radical (unpaired) electrons. The van der Waals surface area contributed by atoms with Gasteiger partial charge in [-0.25, -0.2) is 0 Å². The van der Waals surface area contributed by atoms with Crippen LogP contribution in [0.3, 0.4) is 0 Å². The maximum absolute atomic E-state index is 7.17. The molecule has 0 N–H and O–H groups in total. The third kappa shape index (κ3) is 5.92. The summed E-state index contributed by atoms with van der Waals surface area (Å²) in [5, 5.41) is 0. The highest BCUT2D eigenvalue weighted by Crippen LogP contribution is 2.65. The fourth-order valence-corrected chi connectivity index (χ4v) is 10.9. The SMILES string of the molecule is C1=Cc2c(cc(N(c3ccccc3)c3ccccc3)c3c2Oc2ccccc2O3)C2(c3cc4c(cc31)Oc1c(cccc1N(c1ccccc1)c1ccccc1)O4)c1ccccc1-c1ccccc12. The largest absolute Gasteiger partial charge is 0.449 e. The van der Waals surface area contributed by atoms with Crippen molar-refractivity contribution in [3.63, 3.8) is 0 Å². The molecule has 1 spiro atoms. The summed E-state index contributed by atoms with van der Waals surface area (Å²) in [7, 11) is 0. The molecule has 0 aromatic heterocycles. The van der Waals surface area contributed by atoms with E-state index >= 15 is 0 Å². The summed E-state index contributed by atoms with van der Waals surface area (Å²) in [6.07, 6.45) is 4.40. The molecular formula is C63H40N2O4. The van der Waals surface area contributed by atoms with Crippen molar-refractivity contribution in [2.24, 2.45) is 0 Å². The van der Waals surface area contributed by atoms with Crippen molar-refractivity contribution < 1.29 is 18.9 Å². The molecule has 0 amide bonds. The molecule has 0 bridgehead atoms. The molecule has 4 aliphatic rings. The van der Waals surface area contributed by atoms with Crippen LogP contribution in [0, 0.1) is 0 Å². The number of ether oxygens (including phenoxy) is 4. The van der Waals surface area contributed by atoms with Crippen LogP contribution >= 0.6 is 0 Å². The topological polar surface area (TPSA) is 43.4 Å². The molecule has 326 valence electrons. The highest BCUT2D eigenvalue weighted by atomic mass is 16.6. The van der Waals surface area contributed by atoms with Gasteiger partial charge in [-0.05, 0) is 130 Å². The van der Waals surface area contributed by atoms with E-state index in [1.165, 1.54) is 11.1 Å². The van der Waals surface area contributed by atoms with Gasteiger partial charge >= 0.3 is 0 Å². The van der Waals surface area contributed by atoms with Crippen molar-refractivity contribution >= 4 is 46.3 Å². The maximum atomic E-state index is 7.17. The molecule has 10 aromatic rings. The van der Waals surface area contributed by atoms with Gasteiger partial charge in [-0.2, -0.15) is 0 Å². The number of benzene rings is 10. The third-order valence-electron chi connectivity index (χ3n) is 13.8. The minimum Gasteiger partial charge on any atom is -0.449 e. The van der Waals surface area contributed by atoms with Crippen molar-refractivity contribution in [1.82, 2.24) is 0 Å². The van der Waals surface area contributed by atoms with E-state index in [-0.39, 0.29) is 0 Å². The van der Waals surface area contributed by atoms with Crippen LogP contribution < -0.4 is 28.7 Å². The maximum Gasteiger partial charge on any atom is 0.194 e. The van der Waals surface area contributed by atoms with E-state index in [4.69, 9.17) is 18.9 Å². The Bertz CT molecular complexity index is 3560. The molecule has 6 heteroatoms. The number of rotatable bonds is 6. The standard InChI is InChI=1S/C63H40N2O4/c1-5-20-42(21-6-1)64(43-22-7-2-8-23-43)53-32-19-35-57-61(53)69-58-38-41-36-37-48-52(63(51(41)40-59(58)66-57)49-30-15-13-28-46(49)47-29-14-16-31-50(47)63)39-54(62-60(48)67-55-33-17-18-34-56(55)68-62)65(44-24-9-3-10-25-44)45-26-11-4-12-27-45/h1-40H. The van der Waals surface area contributed by atoms with Gasteiger partial charge in [0.05, 0.1) is 16.8 Å². The molecule has 0 saturated carbocycles. The number of para-hydroxylation sites is 7. The molecular weight excluding hydrogens is 849 g/mol. The number of hydrogen-bond acceptors (Lipinski definition) is 6. The predicted octanol–water partition coefficient (Wildman–Crippen LogP) is 17.3. The molecule has 2 aliphatic heterocycles. The number of hydrogen-bond donors (Lipinski definition) is 0. The van der Waals surface area contributed by atoms with Crippen molar-refractivity contribution in [2.75, 3.05) is 9.80 Å². The summed E-state index contributed by atoms with van der Waals surface area (Å²) in [5.41, 5.74) is 13.5. The van der Waals surface area contributed by atoms with Crippen LogP contribution in [0.4, 0.5) is 34.1 Å². The van der Waals surface area contributed by atoms with Crippen molar-refractivity contribution in [1.29, 1.82) is 0 Å². The van der Waals surface area contributed by atoms with Crippen LogP contribution in [0.25, 0.3) is 23.3 Å². The molecule has 0 fully saturated rings. The predicted molar refractivity (Wildman–Crippen MR) is 275 cm³/mol. The first-order valence-electron chi connectivity index (χ1n) is 23.2. The Morgan fingerprint density at radius 1 is 0.290 bits per heavy atom. The van der Waals surface area contributed by atoms with E-state index in [1.807, 2.05) is 60.7 Å². The molecule has 10 aromatic carbocycles. The van der Waals surface area contributed by atoms with Crippen LogP contribution in [0.2, 0.25) is 0 Å². The zero-order chi connectivity index (χ0) is 45.5. The molecule has 14 rings (SSSR count). The summed E-state index contributed by atoms with van der Waals surface area (Å²) in [4.78, 5) is 4.49. The van der Waals surface area contributed by atoms with Crippen molar-refractivity contribution in [3.05, 3.63) is 264 Å². The van der Waals surface area contributed by atoms with Gasteiger partial charge in [-0.1, -0.05) is 152 Å². The van der Waals surface area contributed by atoms with Crippen LogP contribution in [-0.2, 0) is 5.41 Å². The Morgan fingerprint density at radius 2 is 0.754 bits per heavy atom. The molecule has 2 heterocycles.